The lowest BCUT2D eigenvalue weighted by atomic mass is 10.3. The minimum atomic E-state index is -0.316. The van der Waals surface area contributed by atoms with Gasteiger partial charge in [-0.2, -0.15) is 11.8 Å². The van der Waals surface area contributed by atoms with Crippen molar-refractivity contribution in [3.8, 4) is 0 Å². The van der Waals surface area contributed by atoms with Crippen LogP contribution in [0.5, 0.6) is 0 Å². The van der Waals surface area contributed by atoms with Gasteiger partial charge in [-0.25, -0.2) is 0 Å². The Morgan fingerprint density at radius 3 is 2.40 bits per heavy atom. The quantitative estimate of drug-likeness (QED) is 0.627. The van der Waals surface area contributed by atoms with Crippen LogP contribution in [0.3, 0.4) is 0 Å². The molecule has 0 aliphatic rings. The molecule has 62 valence electrons. The Morgan fingerprint density at radius 1 is 1.40 bits per heavy atom. The number of rotatable bonds is 5. The van der Waals surface area contributed by atoms with E-state index in [1.54, 1.807) is 11.8 Å². The van der Waals surface area contributed by atoms with E-state index in [2.05, 4.69) is 13.8 Å². The molecule has 0 bridgehead atoms. The predicted octanol–water partition coefficient (Wildman–Crippen LogP) is 0.695. The molecule has 2 nitrogen and oxygen atoms in total. The first-order valence-electron chi connectivity index (χ1n) is 3.62. The molecule has 0 saturated carbocycles. The van der Waals surface area contributed by atoms with Gasteiger partial charge in [0.1, 0.15) is 0 Å². The summed E-state index contributed by atoms with van der Waals surface area (Å²) < 4.78 is 0. The molecule has 0 aliphatic heterocycles. The molecule has 0 spiro atoms. The predicted molar refractivity (Wildman–Crippen MR) is 47.2 cm³/mol. The highest BCUT2D eigenvalue weighted by atomic mass is 32.2. The largest absolute Gasteiger partial charge is 0.391 e. The molecule has 3 heteroatoms. The third-order valence-electron chi connectivity index (χ3n) is 1.03. The van der Waals surface area contributed by atoms with E-state index in [0.717, 1.165) is 11.5 Å². The fourth-order valence-corrected chi connectivity index (χ4v) is 1.52. The van der Waals surface area contributed by atoms with Gasteiger partial charge >= 0.3 is 0 Å². The molecule has 10 heavy (non-hydrogen) atoms. The SMILES string of the molecule is CC(C)CSCC(O)CN. The molecule has 0 heterocycles. The lowest BCUT2D eigenvalue weighted by Gasteiger charge is -2.07. The Kier molecular flexibility index (Phi) is 6.17. The van der Waals surface area contributed by atoms with Crippen LogP contribution < -0.4 is 5.73 Å². The minimum absolute atomic E-state index is 0.316. The monoisotopic (exact) mass is 163 g/mol. The number of thioether (sulfide) groups is 1. The van der Waals surface area contributed by atoms with E-state index >= 15 is 0 Å². The summed E-state index contributed by atoms with van der Waals surface area (Å²) in [7, 11) is 0. The molecule has 0 radical (unpaired) electrons. The zero-order valence-electron chi connectivity index (χ0n) is 6.71. The molecule has 1 atom stereocenters. The summed E-state index contributed by atoms with van der Waals surface area (Å²) in [6.07, 6.45) is -0.316. The Balaban J connectivity index is 3.03. The van der Waals surface area contributed by atoms with Crippen molar-refractivity contribution in [2.45, 2.75) is 20.0 Å². The first-order chi connectivity index (χ1) is 4.66. The molecule has 0 aromatic rings. The van der Waals surface area contributed by atoms with E-state index in [-0.39, 0.29) is 6.10 Å². The van der Waals surface area contributed by atoms with Crippen LogP contribution in [0.2, 0.25) is 0 Å². The van der Waals surface area contributed by atoms with Crippen molar-refractivity contribution in [2.75, 3.05) is 18.1 Å². The fourth-order valence-electron chi connectivity index (χ4n) is 0.508. The van der Waals surface area contributed by atoms with Crippen LogP contribution in [0.15, 0.2) is 0 Å². The van der Waals surface area contributed by atoms with E-state index in [0.29, 0.717) is 12.5 Å². The molecule has 0 amide bonds. The maximum Gasteiger partial charge on any atom is 0.0752 e. The first-order valence-corrected chi connectivity index (χ1v) is 4.78. The van der Waals surface area contributed by atoms with Gasteiger partial charge < -0.3 is 10.8 Å². The molecule has 0 saturated heterocycles. The van der Waals surface area contributed by atoms with Crippen molar-refractivity contribution in [3.63, 3.8) is 0 Å². The fraction of sp³-hybridized carbons (Fsp3) is 1.00. The van der Waals surface area contributed by atoms with Crippen LogP contribution in [0.25, 0.3) is 0 Å². The van der Waals surface area contributed by atoms with E-state index < -0.39 is 0 Å². The van der Waals surface area contributed by atoms with Gasteiger partial charge in [-0.05, 0) is 11.7 Å². The van der Waals surface area contributed by atoms with Crippen LogP contribution >= 0.6 is 11.8 Å². The standard InChI is InChI=1S/C7H17NOS/c1-6(2)4-10-5-7(9)3-8/h6-7,9H,3-5,8H2,1-2H3. The second kappa shape index (κ2) is 6.01. The third kappa shape index (κ3) is 6.39. The average molecular weight is 163 g/mol. The van der Waals surface area contributed by atoms with Crippen molar-refractivity contribution >= 4 is 11.8 Å². The molecule has 0 rings (SSSR count). The van der Waals surface area contributed by atoms with Gasteiger partial charge in [0.05, 0.1) is 6.10 Å². The van der Waals surface area contributed by atoms with Crippen molar-refractivity contribution in [1.82, 2.24) is 0 Å². The van der Waals surface area contributed by atoms with Crippen molar-refractivity contribution in [1.29, 1.82) is 0 Å². The number of hydrogen-bond acceptors (Lipinski definition) is 3. The Labute approximate surface area is 67.2 Å². The minimum Gasteiger partial charge on any atom is -0.391 e. The second-order valence-electron chi connectivity index (χ2n) is 2.82. The highest BCUT2D eigenvalue weighted by Crippen LogP contribution is 2.07. The summed E-state index contributed by atoms with van der Waals surface area (Å²) in [6, 6.07) is 0. The van der Waals surface area contributed by atoms with E-state index in [9.17, 15) is 0 Å². The molecular weight excluding hydrogens is 146 g/mol. The molecule has 1 unspecified atom stereocenters. The smallest absolute Gasteiger partial charge is 0.0752 e. The van der Waals surface area contributed by atoms with Crippen LogP contribution in [0.4, 0.5) is 0 Å². The van der Waals surface area contributed by atoms with Gasteiger partial charge in [-0.3, -0.25) is 0 Å². The van der Waals surface area contributed by atoms with Gasteiger partial charge in [0.25, 0.3) is 0 Å². The van der Waals surface area contributed by atoms with Crippen LogP contribution in [-0.4, -0.2) is 29.3 Å². The lowest BCUT2D eigenvalue weighted by molar-refractivity contribution is 0.208. The van der Waals surface area contributed by atoms with Crippen LogP contribution in [0, 0.1) is 5.92 Å². The Hall–Kier alpha value is 0.270. The molecule has 0 fully saturated rings. The molecule has 0 aromatic heterocycles. The van der Waals surface area contributed by atoms with E-state index in [1.165, 1.54) is 0 Å². The summed E-state index contributed by atoms with van der Waals surface area (Å²) in [5, 5.41) is 9.02. The summed E-state index contributed by atoms with van der Waals surface area (Å²) >= 11 is 1.76. The zero-order valence-corrected chi connectivity index (χ0v) is 7.53. The maximum absolute atomic E-state index is 9.02. The van der Waals surface area contributed by atoms with E-state index in [4.69, 9.17) is 10.8 Å². The van der Waals surface area contributed by atoms with Crippen molar-refractivity contribution < 1.29 is 5.11 Å². The number of hydrogen-bond donors (Lipinski definition) is 2. The average Bonchev–Trinajstić information content (AvgIpc) is 1.87. The summed E-state index contributed by atoms with van der Waals surface area (Å²) in [4.78, 5) is 0. The highest BCUT2D eigenvalue weighted by Gasteiger charge is 2.01. The Bertz CT molecular complexity index is 78.0. The summed E-state index contributed by atoms with van der Waals surface area (Å²) in [6.45, 7) is 4.72. The number of aliphatic hydroxyl groups is 1. The summed E-state index contributed by atoms with van der Waals surface area (Å²) in [5.41, 5.74) is 5.23. The summed E-state index contributed by atoms with van der Waals surface area (Å²) in [5.74, 6) is 2.58. The van der Waals surface area contributed by atoms with Crippen molar-refractivity contribution in [2.24, 2.45) is 11.7 Å². The lowest BCUT2D eigenvalue weighted by Crippen LogP contribution is -2.22. The van der Waals surface area contributed by atoms with Crippen LogP contribution in [-0.2, 0) is 0 Å². The molecule has 0 aromatic carbocycles. The first kappa shape index (κ1) is 10.3. The number of aliphatic hydroxyl groups excluding tert-OH is 1. The highest BCUT2D eigenvalue weighted by molar-refractivity contribution is 7.99. The third-order valence-corrected chi connectivity index (χ3v) is 2.56. The van der Waals surface area contributed by atoms with Gasteiger partial charge in [-0.15, -0.1) is 0 Å². The van der Waals surface area contributed by atoms with Crippen LogP contribution in [0.1, 0.15) is 13.8 Å². The molecule has 3 N–H and O–H groups in total. The van der Waals surface area contributed by atoms with Gasteiger partial charge in [0, 0.05) is 12.3 Å². The molecule has 0 aliphatic carbocycles. The number of nitrogens with two attached hydrogens (primary N) is 1. The zero-order chi connectivity index (χ0) is 7.98. The van der Waals surface area contributed by atoms with Gasteiger partial charge in [0.2, 0.25) is 0 Å². The van der Waals surface area contributed by atoms with Gasteiger partial charge in [-0.1, -0.05) is 13.8 Å². The van der Waals surface area contributed by atoms with Crippen molar-refractivity contribution in [3.05, 3.63) is 0 Å². The van der Waals surface area contributed by atoms with Gasteiger partial charge in [0.15, 0.2) is 0 Å². The topological polar surface area (TPSA) is 46.2 Å². The maximum atomic E-state index is 9.02. The van der Waals surface area contributed by atoms with E-state index in [1.807, 2.05) is 0 Å². The second-order valence-corrected chi connectivity index (χ2v) is 3.90. The molecular formula is C7H17NOS. The normalized spacial score (nSPS) is 14.1. The Morgan fingerprint density at radius 2 is 2.00 bits per heavy atom.